The highest BCUT2D eigenvalue weighted by Crippen LogP contribution is 2.16. The lowest BCUT2D eigenvalue weighted by Crippen LogP contribution is -2.48. The SMILES string of the molecule is Cc1ccc2cc(CN3CCNC(C)C3)ccc2n1.Cl. The zero-order valence-electron chi connectivity index (χ0n) is 12.1. The molecule has 0 aliphatic carbocycles. The second-order valence-electron chi connectivity index (χ2n) is 5.57. The first-order chi connectivity index (χ1) is 9.20. The third kappa shape index (κ3) is 3.48. The number of aryl methyl sites for hydroxylation is 1. The van der Waals surface area contributed by atoms with E-state index in [2.05, 4.69) is 52.5 Å². The lowest BCUT2D eigenvalue weighted by molar-refractivity contribution is 0.200. The minimum Gasteiger partial charge on any atom is -0.312 e. The van der Waals surface area contributed by atoms with E-state index in [4.69, 9.17) is 0 Å². The van der Waals surface area contributed by atoms with Crippen molar-refractivity contribution in [2.75, 3.05) is 19.6 Å². The highest BCUT2D eigenvalue weighted by Gasteiger charge is 2.15. The lowest BCUT2D eigenvalue weighted by Gasteiger charge is -2.31. The standard InChI is InChI=1S/C16H21N3.ClH/c1-12-3-5-15-9-14(4-6-16(15)18-12)11-19-8-7-17-13(2)10-19;/h3-6,9,13,17H,7-8,10-11H2,1-2H3;1H. The molecule has 1 aromatic heterocycles. The van der Waals surface area contributed by atoms with Crippen LogP contribution in [0.3, 0.4) is 0 Å². The topological polar surface area (TPSA) is 28.2 Å². The number of nitrogens with one attached hydrogen (secondary N) is 1. The van der Waals surface area contributed by atoms with Crippen LogP contribution < -0.4 is 5.32 Å². The summed E-state index contributed by atoms with van der Waals surface area (Å²) in [6.07, 6.45) is 0. The third-order valence-electron chi connectivity index (χ3n) is 3.75. The monoisotopic (exact) mass is 291 g/mol. The molecule has 3 rings (SSSR count). The van der Waals surface area contributed by atoms with E-state index >= 15 is 0 Å². The van der Waals surface area contributed by atoms with Crippen molar-refractivity contribution in [1.82, 2.24) is 15.2 Å². The molecular weight excluding hydrogens is 270 g/mol. The van der Waals surface area contributed by atoms with E-state index in [1.165, 1.54) is 10.9 Å². The largest absolute Gasteiger partial charge is 0.312 e. The molecule has 1 fully saturated rings. The van der Waals surface area contributed by atoms with Crippen LogP contribution >= 0.6 is 12.4 Å². The Kier molecular flexibility index (Phi) is 4.97. The molecule has 0 radical (unpaired) electrons. The number of benzene rings is 1. The Balaban J connectivity index is 0.00000147. The van der Waals surface area contributed by atoms with Gasteiger partial charge >= 0.3 is 0 Å². The minimum absolute atomic E-state index is 0. The molecule has 1 atom stereocenters. The van der Waals surface area contributed by atoms with E-state index in [1.54, 1.807) is 0 Å². The summed E-state index contributed by atoms with van der Waals surface area (Å²) >= 11 is 0. The highest BCUT2D eigenvalue weighted by atomic mass is 35.5. The van der Waals surface area contributed by atoms with Crippen LogP contribution in [0.2, 0.25) is 0 Å². The smallest absolute Gasteiger partial charge is 0.0705 e. The first-order valence-electron chi connectivity index (χ1n) is 7.03. The number of halogens is 1. The first kappa shape index (κ1) is 15.2. The maximum absolute atomic E-state index is 4.55. The minimum atomic E-state index is 0. The van der Waals surface area contributed by atoms with Crippen LogP contribution in [0.25, 0.3) is 10.9 Å². The molecule has 1 aromatic carbocycles. The summed E-state index contributed by atoms with van der Waals surface area (Å²) in [7, 11) is 0. The molecule has 0 spiro atoms. The number of hydrogen-bond donors (Lipinski definition) is 1. The van der Waals surface area contributed by atoms with Gasteiger partial charge in [0, 0.05) is 43.3 Å². The van der Waals surface area contributed by atoms with E-state index in [1.807, 2.05) is 6.92 Å². The van der Waals surface area contributed by atoms with Gasteiger partial charge in [0.2, 0.25) is 0 Å². The predicted molar refractivity (Wildman–Crippen MR) is 86.5 cm³/mol. The Morgan fingerprint density at radius 1 is 1.30 bits per heavy atom. The van der Waals surface area contributed by atoms with Gasteiger partial charge in [-0.05, 0) is 37.6 Å². The summed E-state index contributed by atoms with van der Waals surface area (Å²) < 4.78 is 0. The summed E-state index contributed by atoms with van der Waals surface area (Å²) in [6.45, 7) is 8.68. The van der Waals surface area contributed by atoms with Crippen molar-refractivity contribution in [1.29, 1.82) is 0 Å². The van der Waals surface area contributed by atoms with Gasteiger partial charge in [0.05, 0.1) is 5.52 Å². The van der Waals surface area contributed by atoms with E-state index in [0.29, 0.717) is 6.04 Å². The number of pyridine rings is 1. The van der Waals surface area contributed by atoms with Crippen molar-refractivity contribution in [3.05, 3.63) is 41.6 Å². The van der Waals surface area contributed by atoms with Crippen molar-refractivity contribution in [3.63, 3.8) is 0 Å². The molecular formula is C16H22ClN3. The van der Waals surface area contributed by atoms with Crippen molar-refractivity contribution in [3.8, 4) is 0 Å². The molecule has 1 saturated heterocycles. The normalized spacial score (nSPS) is 19.8. The zero-order chi connectivity index (χ0) is 13.2. The van der Waals surface area contributed by atoms with Crippen molar-refractivity contribution in [2.24, 2.45) is 0 Å². The average molecular weight is 292 g/mol. The lowest BCUT2D eigenvalue weighted by atomic mass is 10.1. The van der Waals surface area contributed by atoms with Crippen LogP contribution in [-0.2, 0) is 6.54 Å². The fourth-order valence-corrected chi connectivity index (χ4v) is 2.79. The van der Waals surface area contributed by atoms with Crippen molar-refractivity contribution < 1.29 is 0 Å². The van der Waals surface area contributed by atoms with E-state index in [0.717, 1.165) is 37.4 Å². The second kappa shape index (κ2) is 6.53. The Bertz CT molecular complexity index is 585. The molecule has 20 heavy (non-hydrogen) atoms. The van der Waals surface area contributed by atoms with E-state index < -0.39 is 0 Å². The molecule has 1 aliphatic rings. The molecule has 0 amide bonds. The average Bonchev–Trinajstić information content (AvgIpc) is 2.39. The Morgan fingerprint density at radius 2 is 2.15 bits per heavy atom. The molecule has 2 aromatic rings. The van der Waals surface area contributed by atoms with Crippen molar-refractivity contribution in [2.45, 2.75) is 26.4 Å². The Morgan fingerprint density at radius 3 is 2.95 bits per heavy atom. The summed E-state index contributed by atoms with van der Waals surface area (Å²) in [5.41, 5.74) is 3.56. The van der Waals surface area contributed by atoms with Crippen LogP contribution in [0.5, 0.6) is 0 Å². The van der Waals surface area contributed by atoms with Crippen molar-refractivity contribution >= 4 is 23.3 Å². The molecule has 1 unspecified atom stereocenters. The van der Waals surface area contributed by atoms with Gasteiger partial charge < -0.3 is 5.32 Å². The van der Waals surface area contributed by atoms with Crippen LogP contribution in [0.15, 0.2) is 30.3 Å². The maximum atomic E-state index is 4.55. The fourth-order valence-electron chi connectivity index (χ4n) is 2.79. The van der Waals surface area contributed by atoms with Crippen LogP contribution in [0.4, 0.5) is 0 Å². The third-order valence-corrected chi connectivity index (χ3v) is 3.75. The number of hydrogen-bond acceptors (Lipinski definition) is 3. The molecule has 0 bridgehead atoms. The predicted octanol–water partition coefficient (Wildman–Crippen LogP) is 2.76. The molecule has 1 aliphatic heterocycles. The number of aromatic nitrogens is 1. The zero-order valence-corrected chi connectivity index (χ0v) is 12.9. The van der Waals surface area contributed by atoms with Crippen LogP contribution in [0.1, 0.15) is 18.2 Å². The molecule has 1 N–H and O–H groups in total. The van der Waals surface area contributed by atoms with Gasteiger partial charge in [0.15, 0.2) is 0 Å². The van der Waals surface area contributed by atoms with Gasteiger partial charge in [-0.2, -0.15) is 0 Å². The van der Waals surface area contributed by atoms with Gasteiger partial charge in [0.1, 0.15) is 0 Å². The summed E-state index contributed by atoms with van der Waals surface area (Å²) in [4.78, 5) is 7.07. The Labute approximate surface area is 126 Å². The maximum Gasteiger partial charge on any atom is 0.0705 e. The Hall–Kier alpha value is -1.16. The number of nitrogens with zero attached hydrogens (tertiary/aromatic N) is 2. The number of piperazine rings is 1. The summed E-state index contributed by atoms with van der Waals surface area (Å²) in [6, 6.07) is 11.5. The van der Waals surface area contributed by atoms with Gasteiger partial charge in [-0.15, -0.1) is 12.4 Å². The second-order valence-corrected chi connectivity index (χ2v) is 5.57. The summed E-state index contributed by atoms with van der Waals surface area (Å²) in [5, 5.41) is 4.72. The first-order valence-corrected chi connectivity index (χ1v) is 7.03. The number of fused-ring (bicyclic) bond motifs is 1. The molecule has 4 heteroatoms. The highest BCUT2D eigenvalue weighted by molar-refractivity contribution is 5.85. The van der Waals surface area contributed by atoms with Crippen LogP contribution in [-0.4, -0.2) is 35.6 Å². The van der Waals surface area contributed by atoms with Gasteiger partial charge in [-0.1, -0.05) is 12.1 Å². The van der Waals surface area contributed by atoms with Gasteiger partial charge in [-0.3, -0.25) is 9.88 Å². The molecule has 108 valence electrons. The molecule has 0 saturated carbocycles. The molecule has 3 nitrogen and oxygen atoms in total. The quantitative estimate of drug-likeness (QED) is 0.922. The fraction of sp³-hybridized carbons (Fsp3) is 0.438. The van der Waals surface area contributed by atoms with Gasteiger partial charge in [-0.25, -0.2) is 0 Å². The van der Waals surface area contributed by atoms with Gasteiger partial charge in [0.25, 0.3) is 0 Å². The summed E-state index contributed by atoms with van der Waals surface area (Å²) in [5.74, 6) is 0. The number of rotatable bonds is 2. The van der Waals surface area contributed by atoms with Crippen LogP contribution in [0, 0.1) is 6.92 Å². The molecule has 2 heterocycles. The van der Waals surface area contributed by atoms with E-state index in [-0.39, 0.29) is 12.4 Å². The van der Waals surface area contributed by atoms with E-state index in [9.17, 15) is 0 Å².